The Hall–Kier alpha value is -3.52. The number of halogens is 4. The lowest BCUT2D eigenvalue weighted by atomic mass is 9.90. The number of fused-ring (bicyclic) bond motifs is 2. The number of aliphatic imine (C=N–C) groups is 1. The lowest BCUT2D eigenvalue weighted by Crippen LogP contribution is -2.17. The van der Waals surface area contributed by atoms with Gasteiger partial charge in [0.25, 0.3) is 0 Å². The number of pyridine rings is 1. The predicted octanol–water partition coefficient (Wildman–Crippen LogP) is 7.15. The van der Waals surface area contributed by atoms with Gasteiger partial charge in [0.05, 0.1) is 12.1 Å². The number of ether oxygens (including phenoxy) is 1. The minimum atomic E-state index is -4.22. The number of nitrogens with zero attached hydrogens (tertiary/aromatic N) is 3. The van der Waals surface area contributed by atoms with E-state index >= 15 is 0 Å². The van der Waals surface area contributed by atoms with Crippen molar-refractivity contribution in [3.63, 3.8) is 0 Å². The van der Waals surface area contributed by atoms with Gasteiger partial charge in [-0.3, -0.25) is 9.98 Å². The average molecular weight is 508 g/mol. The molecule has 0 atom stereocenters. The minimum absolute atomic E-state index is 0.154. The minimum Gasteiger partial charge on any atom is -0.381 e. The van der Waals surface area contributed by atoms with E-state index in [-0.39, 0.29) is 18.2 Å². The highest BCUT2D eigenvalue weighted by Crippen LogP contribution is 2.44. The van der Waals surface area contributed by atoms with Gasteiger partial charge in [0.1, 0.15) is 5.82 Å². The fourth-order valence-electron chi connectivity index (χ4n) is 5.43. The van der Waals surface area contributed by atoms with E-state index in [1.807, 2.05) is 12.3 Å². The fourth-order valence-corrected chi connectivity index (χ4v) is 5.43. The quantitative estimate of drug-likeness (QED) is 0.269. The molecule has 0 saturated carbocycles. The van der Waals surface area contributed by atoms with Crippen molar-refractivity contribution < 1.29 is 22.3 Å². The zero-order valence-corrected chi connectivity index (χ0v) is 20.1. The molecule has 2 aliphatic rings. The molecule has 0 aliphatic carbocycles. The molecule has 2 aromatic heterocycles. The van der Waals surface area contributed by atoms with Crippen LogP contribution in [0.2, 0.25) is 0 Å². The first-order chi connectivity index (χ1) is 17.9. The molecule has 37 heavy (non-hydrogen) atoms. The first kappa shape index (κ1) is 23.9. The first-order valence-corrected chi connectivity index (χ1v) is 12.4. The fraction of sp³-hybridized carbons (Fsp3) is 0.310. The summed E-state index contributed by atoms with van der Waals surface area (Å²) in [5, 5.41) is 1.03. The molecule has 0 amide bonds. The molecular weight excluding hydrogens is 482 g/mol. The lowest BCUT2D eigenvalue weighted by Gasteiger charge is -2.25. The lowest BCUT2D eigenvalue weighted by molar-refractivity contribution is -0.134. The van der Waals surface area contributed by atoms with Crippen molar-refractivity contribution in [2.24, 2.45) is 4.99 Å². The molecule has 0 unspecified atom stereocenters. The van der Waals surface area contributed by atoms with Crippen molar-refractivity contribution in [3.8, 4) is 16.8 Å². The summed E-state index contributed by atoms with van der Waals surface area (Å²) < 4.78 is 60.0. The molecule has 4 aromatic rings. The Morgan fingerprint density at radius 2 is 1.78 bits per heavy atom. The van der Waals surface area contributed by atoms with Crippen molar-refractivity contribution >= 4 is 17.1 Å². The molecular formula is C29H25F4N3O. The number of hydrogen-bond donors (Lipinski definition) is 0. The van der Waals surface area contributed by atoms with Crippen LogP contribution in [0, 0.1) is 5.82 Å². The van der Waals surface area contributed by atoms with E-state index in [1.54, 1.807) is 24.4 Å². The summed E-state index contributed by atoms with van der Waals surface area (Å²) in [5.74, 6) is -0.116. The monoisotopic (exact) mass is 507 g/mol. The van der Waals surface area contributed by atoms with E-state index in [4.69, 9.17) is 4.74 Å². The summed E-state index contributed by atoms with van der Waals surface area (Å²) in [6, 6.07) is 14.3. The van der Waals surface area contributed by atoms with Crippen LogP contribution in [-0.4, -0.2) is 35.2 Å². The summed E-state index contributed by atoms with van der Waals surface area (Å²) in [7, 11) is 0. The standard InChI is InChI=1S/C29H25F4N3O/c30-22-2-5-24(6-3-22)36-26-14-21-16-34-15-20(21)13-25(26)27(28(36)18-8-11-37-12-9-18)19-1-4-23(35-17-19)7-10-29(31,32)33/h1-6,13-14,16-18H,7-12,15H2. The second kappa shape index (κ2) is 9.41. The van der Waals surface area contributed by atoms with Crippen LogP contribution >= 0.6 is 0 Å². The van der Waals surface area contributed by atoms with E-state index < -0.39 is 12.6 Å². The van der Waals surface area contributed by atoms with Gasteiger partial charge >= 0.3 is 6.18 Å². The van der Waals surface area contributed by atoms with Gasteiger partial charge in [-0.1, -0.05) is 6.07 Å². The number of aryl methyl sites for hydroxylation is 1. The largest absolute Gasteiger partial charge is 0.389 e. The summed E-state index contributed by atoms with van der Waals surface area (Å²) >= 11 is 0. The topological polar surface area (TPSA) is 39.4 Å². The highest BCUT2D eigenvalue weighted by atomic mass is 19.4. The normalized spacial score (nSPS) is 16.0. The molecule has 0 radical (unpaired) electrons. The van der Waals surface area contributed by atoms with Gasteiger partial charge in [0, 0.05) is 71.6 Å². The van der Waals surface area contributed by atoms with Crippen molar-refractivity contribution in [2.75, 3.05) is 13.2 Å². The maximum atomic E-state index is 13.9. The third-order valence-corrected chi connectivity index (χ3v) is 7.23. The maximum absolute atomic E-state index is 13.9. The summed E-state index contributed by atoms with van der Waals surface area (Å²) in [6.45, 7) is 1.90. The van der Waals surface area contributed by atoms with E-state index in [9.17, 15) is 17.6 Å². The molecule has 8 heteroatoms. The van der Waals surface area contributed by atoms with Crippen LogP contribution in [0.4, 0.5) is 17.6 Å². The predicted molar refractivity (Wildman–Crippen MR) is 135 cm³/mol. The van der Waals surface area contributed by atoms with Crippen molar-refractivity contribution in [3.05, 3.63) is 83.1 Å². The number of aromatic nitrogens is 2. The van der Waals surface area contributed by atoms with E-state index in [0.717, 1.165) is 57.4 Å². The van der Waals surface area contributed by atoms with Crippen LogP contribution in [0.15, 0.2) is 59.7 Å². The Labute approximate surface area is 211 Å². The van der Waals surface area contributed by atoms with Gasteiger partial charge in [-0.25, -0.2) is 4.39 Å². The number of benzene rings is 2. The van der Waals surface area contributed by atoms with E-state index in [0.29, 0.717) is 25.5 Å². The first-order valence-electron chi connectivity index (χ1n) is 12.4. The van der Waals surface area contributed by atoms with Crippen LogP contribution < -0.4 is 0 Å². The molecule has 190 valence electrons. The van der Waals surface area contributed by atoms with Crippen LogP contribution in [0.1, 0.15) is 47.7 Å². The zero-order valence-electron chi connectivity index (χ0n) is 20.1. The van der Waals surface area contributed by atoms with Gasteiger partial charge in [0.15, 0.2) is 0 Å². The molecule has 4 heterocycles. The Morgan fingerprint density at radius 1 is 1.00 bits per heavy atom. The van der Waals surface area contributed by atoms with Gasteiger partial charge < -0.3 is 9.30 Å². The van der Waals surface area contributed by atoms with Crippen molar-refractivity contribution in [1.82, 2.24) is 9.55 Å². The molecule has 6 rings (SSSR count). The number of alkyl halides is 3. The van der Waals surface area contributed by atoms with Crippen molar-refractivity contribution in [2.45, 2.75) is 44.3 Å². The van der Waals surface area contributed by atoms with Crippen LogP contribution in [-0.2, 0) is 17.7 Å². The third kappa shape index (κ3) is 4.66. The molecule has 0 bridgehead atoms. The Bertz CT molecular complexity index is 1460. The molecule has 2 aromatic carbocycles. The van der Waals surface area contributed by atoms with E-state index in [2.05, 4.69) is 26.7 Å². The molecule has 0 spiro atoms. The SMILES string of the molecule is Fc1ccc(-n2c(C3CCOCC3)c(-c3ccc(CCC(F)(F)F)nc3)c3cc4c(cc32)C=NC4)cc1. The van der Waals surface area contributed by atoms with Crippen LogP contribution in [0.25, 0.3) is 27.7 Å². The van der Waals surface area contributed by atoms with Crippen molar-refractivity contribution in [1.29, 1.82) is 0 Å². The Morgan fingerprint density at radius 3 is 2.49 bits per heavy atom. The third-order valence-electron chi connectivity index (χ3n) is 7.23. The summed E-state index contributed by atoms with van der Waals surface area (Å²) in [6.07, 6.45) is -0.0434. The molecule has 1 fully saturated rings. The summed E-state index contributed by atoms with van der Waals surface area (Å²) in [4.78, 5) is 8.84. The Balaban J connectivity index is 1.57. The molecule has 2 aliphatic heterocycles. The second-order valence-electron chi connectivity index (χ2n) is 9.65. The highest BCUT2D eigenvalue weighted by Gasteiger charge is 2.30. The van der Waals surface area contributed by atoms with Gasteiger partial charge in [-0.2, -0.15) is 13.2 Å². The average Bonchev–Trinajstić information content (AvgIpc) is 3.49. The highest BCUT2D eigenvalue weighted by molar-refractivity contribution is 6.03. The van der Waals surface area contributed by atoms with Gasteiger partial charge in [0.2, 0.25) is 0 Å². The van der Waals surface area contributed by atoms with Crippen LogP contribution in [0.3, 0.4) is 0 Å². The second-order valence-corrected chi connectivity index (χ2v) is 9.65. The maximum Gasteiger partial charge on any atom is 0.389 e. The van der Waals surface area contributed by atoms with Gasteiger partial charge in [-0.05, 0) is 72.9 Å². The smallest absolute Gasteiger partial charge is 0.381 e. The van der Waals surface area contributed by atoms with E-state index in [1.165, 1.54) is 12.1 Å². The Kier molecular flexibility index (Phi) is 6.07. The summed E-state index contributed by atoms with van der Waals surface area (Å²) in [5.41, 5.74) is 7.37. The molecule has 4 nitrogen and oxygen atoms in total. The number of hydrogen-bond acceptors (Lipinski definition) is 3. The zero-order chi connectivity index (χ0) is 25.6. The molecule has 0 N–H and O–H groups in total. The number of rotatable bonds is 5. The van der Waals surface area contributed by atoms with Gasteiger partial charge in [-0.15, -0.1) is 0 Å². The molecule has 1 saturated heterocycles. The van der Waals surface area contributed by atoms with Crippen LogP contribution in [0.5, 0.6) is 0 Å².